The molecule has 0 radical (unpaired) electrons. The highest BCUT2D eigenvalue weighted by atomic mass is 16.5. The van der Waals surface area contributed by atoms with Gasteiger partial charge < -0.3 is 15.0 Å². The van der Waals surface area contributed by atoms with E-state index < -0.39 is 0 Å². The number of benzene rings is 1. The maximum Gasteiger partial charge on any atom is 0.317 e. The van der Waals surface area contributed by atoms with E-state index in [2.05, 4.69) is 15.5 Å². The van der Waals surface area contributed by atoms with E-state index in [0.29, 0.717) is 26.2 Å². The van der Waals surface area contributed by atoms with Crippen LogP contribution in [0.25, 0.3) is 11.3 Å². The minimum Gasteiger partial charge on any atom is -0.385 e. The lowest BCUT2D eigenvalue weighted by atomic mass is 10.0. The Kier molecular flexibility index (Phi) is 4.92. The Morgan fingerprint density at radius 2 is 2.22 bits per heavy atom. The summed E-state index contributed by atoms with van der Waals surface area (Å²) in [6, 6.07) is 10.0. The SMILES string of the molecule is COCCCNC(=O)N1CCc2[nH]nc(-c3ccccc3)c2C1. The van der Waals surface area contributed by atoms with Crippen molar-refractivity contribution in [2.45, 2.75) is 19.4 Å². The molecule has 0 aliphatic carbocycles. The minimum atomic E-state index is -0.0213. The second-order valence-electron chi connectivity index (χ2n) is 5.65. The number of carbonyl (C=O) groups is 1. The van der Waals surface area contributed by atoms with Crippen LogP contribution in [-0.4, -0.2) is 47.9 Å². The van der Waals surface area contributed by atoms with Gasteiger partial charge in [0.15, 0.2) is 0 Å². The molecule has 0 spiro atoms. The van der Waals surface area contributed by atoms with Crippen molar-refractivity contribution in [3.05, 3.63) is 41.6 Å². The molecule has 1 aliphatic rings. The number of nitrogens with one attached hydrogen (secondary N) is 2. The van der Waals surface area contributed by atoms with Crippen LogP contribution in [0.1, 0.15) is 17.7 Å². The number of hydrogen-bond donors (Lipinski definition) is 2. The third-order valence-corrected chi connectivity index (χ3v) is 4.07. The summed E-state index contributed by atoms with van der Waals surface area (Å²) in [5.41, 5.74) is 4.27. The van der Waals surface area contributed by atoms with Crippen LogP contribution in [0.5, 0.6) is 0 Å². The van der Waals surface area contributed by atoms with Crippen molar-refractivity contribution >= 4 is 6.03 Å². The molecule has 6 nitrogen and oxygen atoms in total. The van der Waals surface area contributed by atoms with Gasteiger partial charge in [0.2, 0.25) is 0 Å². The van der Waals surface area contributed by atoms with Crippen LogP contribution in [0, 0.1) is 0 Å². The first-order valence-corrected chi connectivity index (χ1v) is 7.93. The Hall–Kier alpha value is -2.34. The normalized spacial score (nSPS) is 13.7. The van der Waals surface area contributed by atoms with Crippen molar-refractivity contribution in [1.82, 2.24) is 20.4 Å². The molecule has 2 N–H and O–H groups in total. The molecular formula is C17H22N4O2. The van der Waals surface area contributed by atoms with Crippen LogP contribution < -0.4 is 5.32 Å². The molecular weight excluding hydrogens is 292 g/mol. The number of urea groups is 1. The topological polar surface area (TPSA) is 70.2 Å². The van der Waals surface area contributed by atoms with E-state index in [-0.39, 0.29) is 6.03 Å². The van der Waals surface area contributed by atoms with Gasteiger partial charge in [-0.1, -0.05) is 30.3 Å². The number of carbonyl (C=O) groups excluding carboxylic acids is 1. The van der Waals surface area contributed by atoms with E-state index in [0.717, 1.165) is 35.4 Å². The van der Waals surface area contributed by atoms with Gasteiger partial charge in [0.1, 0.15) is 0 Å². The molecule has 0 atom stereocenters. The fourth-order valence-electron chi connectivity index (χ4n) is 2.83. The highest BCUT2D eigenvalue weighted by Crippen LogP contribution is 2.28. The Bertz CT molecular complexity index is 654. The highest BCUT2D eigenvalue weighted by molar-refractivity contribution is 5.75. The lowest BCUT2D eigenvalue weighted by molar-refractivity contribution is 0.182. The molecule has 2 amide bonds. The largest absolute Gasteiger partial charge is 0.385 e. The molecule has 1 aliphatic heterocycles. The zero-order valence-corrected chi connectivity index (χ0v) is 13.3. The lowest BCUT2D eigenvalue weighted by Crippen LogP contribution is -2.43. The maximum absolute atomic E-state index is 12.3. The third kappa shape index (κ3) is 3.53. The molecule has 122 valence electrons. The average molecular weight is 314 g/mol. The van der Waals surface area contributed by atoms with E-state index in [1.54, 1.807) is 7.11 Å². The minimum absolute atomic E-state index is 0.0213. The highest BCUT2D eigenvalue weighted by Gasteiger charge is 2.25. The van der Waals surface area contributed by atoms with Crippen LogP contribution in [-0.2, 0) is 17.7 Å². The summed E-state index contributed by atoms with van der Waals surface area (Å²) < 4.78 is 4.99. The molecule has 1 aromatic carbocycles. The summed E-state index contributed by atoms with van der Waals surface area (Å²) in [5.74, 6) is 0. The van der Waals surface area contributed by atoms with Crippen LogP contribution in [0.15, 0.2) is 30.3 Å². The van der Waals surface area contributed by atoms with E-state index in [4.69, 9.17) is 4.74 Å². The molecule has 0 fully saturated rings. The van der Waals surface area contributed by atoms with Gasteiger partial charge in [-0.05, 0) is 6.42 Å². The predicted molar refractivity (Wildman–Crippen MR) is 88.0 cm³/mol. The van der Waals surface area contributed by atoms with Gasteiger partial charge >= 0.3 is 6.03 Å². The Morgan fingerprint density at radius 3 is 3.00 bits per heavy atom. The van der Waals surface area contributed by atoms with Crippen molar-refractivity contribution in [2.24, 2.45) is 0 Å². The first kappa shape index (κ1) is 15.6. The molecule has 0 bridgehead atoms. The molecule has 2 aromatic rings. The number of methoxy groups -OCH3 is 1. The van der Waals surface area contributed by atoms with Gasteiger partial charge in [0.25, 0.3) is 0 Å². The molecule has 3 rings (SSSR count). The Balaban J connectivity index is 1.68. The number of nitrogens with zero attached hydrogens (tertiary/aromatic N) is 2. The number of ether oxygens (including phenoxy) is 1. The summed E-state index contributed by atoms with van der Waals surface area (Å²) in [6.07, 6.45) is 1.63. The second-order valence-corrected chi connectivity index (χ2v) is 5.65. The number of rotatable bonds is 5. The van der Waals surface area contributed by atoms with Gasteiger partial charge in [-0.2, -0.15) is 5.10 Å². The van der Waals surface area contributed by atoms with E-state index in [9.17, 15) is 4.79 Å². The van der Waals surface area contributed by atoms with Crippen molar-refractivity contribution in [3.8, 4) is 11.3 Å². The first-order chi connectivity index (χ1) is 11.3. The van der Waals surface area contributed by atoms with Gasteiger partial charge in [0, 0.05) is 50.0 Å². The number of amides is 2. The Morgan fingerprint density at radius 1 is 1.39 bits per heavy atom. The summed E-state index contributed by atoms with van der Waals surface area (Å²) in [4.78, 5) is 14.1. The van der Waals surface area contributed by atoms with Gasteiger partial charge in [-0.25, -0.2) is 4.79 Å². The van der Waals surface area contributed by atoms with Crippen molar-refractivity contribution in [1.29, 1.82) is 0 Å². The lowest BCUT2D eigenvalue weighted by Gasteiger charge is -2.27. The molecule has 6 heteroatoms. The maximum atomic E-state index is 12.3. The van der Waals surface area contributed by atoms with Crippen LogP contribution in [0.3, 0.4) is 0 Å². The summed E-state index contributed by atoms with van der Waals surface area (Å²) in [6.45, 7) is 2.59. The van der Waals surface area contributed by atoms with Crippen molar-refractivity contribution < 1.29 is 9.53 Å². The third-order valence-electron chi connectivity index (χ3n) is 4.07. The number of fused-ring (bicyclic) bond motifs is 1. The van der Waals surface area contributed by atoms with Crippen molar-refractivity contribution in [2.75, 3.05) is 26.8 Å². The quantitative estimate of drug-likeness (QED) is 0.831. The molecule has 0 saturated carbocycles. The zero-order chi connectivity index (χ0) is 16.1. The number of hydrogen-bond acceptors (Lipinski definition) is 3. The van der Waals surface area contributed by atoms with E-state index in [1.807, 2.05) is 35.2 Å². The number of aromatic amines is 1. The zero-order valence-electron chi connectivity index (χ0n) is 13.3. The molecule has 0 saturated heterocycles. The number of aromatic nitrogens is 2. The second kappa shape index (κ2) is 7.28. The van der Waals surface area contributed by atoms with Crippen LogP contribution in [0.2, 0.25) is 0 Å². The molecule has 0 unspecified atom stereocenters. The average Bonchev–Trinajstić information content (AvgIpc) is 3.02. The Labute approximate surface area is 135 Å². The smallest absolute Gasteiger partial charge is 0.317 e. The van der Waals surface area contributed by atoms with E-state index >= 15 is 0 Å². The first-order valence-electron chi connectivity index (χ1n) is 7.93. The van der Waals surface area contributed by atoms with Crippen LogP contribution >= 0.6 is 0 Å². The van der Waals surface area contributed by atoms with Gasteiger partial charge in [-0.15, -0.1) is 0 Å². The fourth-order valence-corrected chi connectivity index (χ4v) is 2.83. The summed E-state index contributed by atoms with van der Waals surface area (Å²) >= 11 is 0. The monoisotopic (exact) mass is 314 g/mol. The summed E-state index contributed by atoms with van der Waals surface area (Å²) in [5, 5.41) is 10.5. The molecule has 1 aromatic heterocycles. The predicted octanol–water partition coefficient (Wildman–Crippen LogP) is 2.18. The molecule has 2 heterocycles. The van der Waals surface area contributed by atoms with Gasteiger partial charge in [0.05, 0.1) is 12.2 Å². The summed E-state index contributed by atoms with van der Waals surface area (Å²) in [7, 11) is 1.66. The fraction of sp³-hybridized carbons (Fsp3) is 0.412. The van der Waals surface area contributed by atoms with Crippen LogP contribution in [0.4, 0.5) is 4.79 Å². The number of H-pyrrole nitrogens is 1. The van der Waals surface area contributed by atoms with Crippen molar-refractivity contribution in [3.63, 3.8) is 0 Å². The standard InChI is InChI=1S/C17H22N4O2/c1-23-11-5-9-18-17(22)21-10-8-15-14(12-21)16(20-19-15)13-6-3-2-4-7-13/h2-4,6-7H,5,8-12H2,1H3,(H,18,22)(H,19,20). The molecule has 23 heavy (non-hydrogen) atoms. The van der Waals surface area contributed by atoms with E-state index in [1.165, 1.54) is 0 Å². The van der Waals surface area contributed by atoms with Gasteiger partial charge in [-0.3, -0.25) is 5.10 Å².